The Hall–Kier alpha value is -1.29. The van der Waals surface area contributed by atoms with Gasteiger partial charge in [0.05, 0.1) is 23.3 Å². The molecule has 0 spiro atoms. The summed E-state index contributed by atoms with van der Waals surface area (Å²) in [5, 5.41) is 11.1. The highest BCUT2D eigenvalue weighted by Crippen LogP contribution is 2.26. The maximum absolute atomic E-state index is 10.1. The minimum atomic E-state index is -0.541. The van der Waals surface area contributed by atoms with Gasteiger partial charge in [-0.05, 0) is 17.2 Å². The van der Waals surface area contributed by atoms with Gasteiger partial charge in [0, 0.05) is 25.1 Å². The van der Waals surface area contributed by atoms with Crippen LogP contribution in [0.3, 0.4) is 0 Å². The van der Waals surface area contributed by atoms with E-state index in [2.05, 4.69) is 4.98 Å². The molecular weight excluding hydrogens is 297 g/mol. The first-order valence-corrected chi connectivity index (χ1v) is 6.95. The van der Waals surface area contributed by atoms with Crippen molar-refractivity contribution < 1.29 is 9.84 Å². The summed E-state index contributed by atoms with van der Waals surface area (Å²) < 4.78 is 4.99. The Balaban J connectivity index is 2.01. The van der Waals surface area contributed by atoms with Crippen LogP contribution in [0.25, 0.3) is 0 Å². The maximum atomic E-state index is 10.1. The van der Waals surface area contributed by atoms with Crippen LogP contribution in [0.2, 0.25) is 10.0 Å². The highest BCUT2D eigenvalue weighted by atomic mass is 35.5. The third kappa shape index (κ3) is 3.85. The van der Waals surface area contributed by atoms with Crippen molar-refractivity contribution in [2.75, 3.05) is 7.11 Å². The number of nitrogens with zero attached hydrogens (tertiary/aromatic N) is 1. The molecule has 5 heteroatoms. The summed E-state index contributed by atoms with van der Waals surface area (Å²) in [6, 6.07) is 9.07. The molecule has 0 fully saturated rings. The molecule has 0 bridgehead atoms. The largest absolute Gasteiger partial charge is 0.481 e. The Morgan fingerprint density at radius 3 is 2.65 bits per heavy atom. The third-order valence-corrected chi connectivity index (χ3v) is 3.82. The third-order valence-electron chi connectivity index (χ3n) is 2.97. The zero-order valence-electron chi connectivity index (χ0n) is 11.0. The zero-order valence-corrected chi connectivity index (χ0v) is 12.5. The predicted octanol–water partition coefficient (Wildman–Crippen LogP) is 3.54. The summed E-state index contributed by atoms with van der Waals surface area (Å²) in [6.45, 7) is 0. The molecule has 1 aromatic carbocycles. The Morgan fingerprint density at radius 2 is 2.00 bits per heavy atom. The molecule has 3 nitrogen and oxygen atoms in total. The van der Waals surface area contributed by atoms with Gasteiger partial charge in [0.15, 0.2) is 0 Å². The van der Waals surface area contributed by atoms with Crippen molar-refractivity contribution in [3.8, 4) is 5.88 Å². The monoisotopic (exact) mass is 311 g/mol. The highest BCUT2D eigenvalue weighted by Gasteiger charge is 2.11. The van der Waals surface area contributed by atoms with Gasteiger partial charge in [0.2, 0.25) is 5.88 Å². The smallest absolute Gasteiger partial charge is 0.212 e. The van der Waals surface area contributed by atoms with Crippen molar-refractivity contribution >= 4 is 23.2 Å². The van der Waals surface area contributed by atoms with E-state index in [0.29, 0.717) is 28.8 Å². The summed E-state index contributed by atoms with van der Waals surface area (Å²) >= 11 is 12.1. The van der Waals surface area contributed by atoms with Crippen molar-refractivity contribution in [2.45, 2.75) is 18.9 Å². The van der Waals surface area contributed by atoms with Crippen LogP contribution in [0.15, 0.2) is 36.5 Å². The van der Waals surface area contributed by atoms with E-state index in [1.165, 1.54) is 0 Å². The molecule has 2 aromatic rings. The second-order valence-corrected chi connectivity index (χ2v) is 5.27. The molecule has 0 amide bonds. The number of pyridine rings is 1. The zero-order chi connectivity index (χ0) is 14.5. The lowest BCUT2D eigenvalue weighted by molar-refractivity contribution is 0.175. The van der Waals surface area contributed by atoms with Gasteiger partial charge in [-0.3, -0.25) is 0 Å². The topological polar surface area (TPSA) is 42.4 Å². The van der Waals surface area contributed by atoms with Gasteiger partial charge in [0.25, 0.3) is 0 Å². The summed E-state index contributed by atoms with van der Waals surface area (Å²) in [4.78, 5) is 4.11. The van der Waals surface area contributed by atoms with Crippen LogP contribution in [0.5, 0.6) is 5.88 Å². The van der Waals surface area contributed by atoms with Crippen LogP contribution >= 0.6 is 23.2 Å². The van der Waals surface area contributed by atoms with Gasteiger partial charge in [-0.2, -0.15) is 0 Å². The first-order valence-electron chi connectivity index (χ1n) is 6.20. The molecule has 0 saturated carbocycles. The fraction of sp³-hybridized carbons (Fsp3) is 0.267. The molecule has 1 aromatic heterocycles. The standard InChI is InChI=1S/C15H15Cl2NO2/c1-20-14-6-5-10(9-18-14)7-12(19)8-11-3-2-4-13(16)15(11)17/h2-6,9,12,19H,7-8H2,1H3. The summed E-state index contributed by atoms with van der Waals surface area (Å²) in [5.74, 6) is 0.557. The van der Waals surface area contributed by atoms with Crippen LogP contribution < -0.4 is 4.74 Å². The van der Waals surface area contributed by atoms with Crippen molar-refractivity contribution in [1.29, 1.82) is 0 Å². The number of hydrogen-bond donors (Lipinski definition) is 1. The number of aliphatic hydroxyl groups is 1. The minimum Gasteiger partial charge on any atom is -0.481 e. The van der Waals surface area contributed by atoms with Gasteiger partial charge in [-0.15, -0.1) is 0 Å². The van der Waals surface area contributed by atoms with Gasteiger partial charge in [0.1, 0.15) is 0 Å². The van der Waals surface area contributed by atoms with E-state index in [0.717, 1.165) is 11.1 Å². The fourth-order valence-corrected chi connectivity index (χ4v) is 2.35. The number of benzene rings is 1. The molecule has 0 aliphatic carbocycles. The number of aliphatic hydroxyl groups excluding tert-OH is 1. The van der Waals surface area contributed by atoms with Crippen molar-refractivity contribution in [1.82, 2.24) is 4.98 Å². The molecule has 1 unspecified atom stereocenters. The van der Waals surface area contributed by atoms with E-state index in [1.54, 1.807) is 25.4 Å². The lowest BCUT2D eigenvalue weighted by Gasteiger charge is -2.12. The van der Waals surface area contributed by atoms with Crippen LogP contribution in [-0.2, 0) is 12.8 Å². The Labute approximate surface area is 128 Å². The summed E-state index contributed by atoms with van der Waals surface area (Å²) in [6.07, 6.45) is 2.11. The van der Waals surface area contributed by atoms with Crippen LogP contribution in [-0.4, -0.2) is 23.3 Å². The number of hydrogen-bond acceptors (Lipinski definition) is 3. The van der Waals surface area contributed by atoms with E-state index in [4.69, 9.17) is 27.9 Å². The first-order chi connectivity index (χ1) is 9.60. The normalized spacial score (nSPS) is 12.2. The lowest BCUT2D eigenvalue weighted by Crippen LogP contribution is -2.14. The second kappa shape index (κ2) is 6.93. The van der Waals surface area contributed by atoms with Crippen LogP contribution in [0, 0.1) is 0 Å². The van der Waals surface area contributed by atoms with E-state index in [1.807, 2.05) is 18.2 Å². The van der Waals surface area contributed by atoms with Crippen molar-refractivity contribution in [3.63, 3.8) is 0 Å². The summed E-state index contributed by atoms with van der Waals surface area (Å²) in [7, 11) is 1.57. The first kappa shape index (κ1) is 15.1. The van der Waals surface area contributed by atoms with Crippen LogP contribution in [0.4, 0.5) is 0 Å². The quantitative estimate of drug-likeness (QED) is 0.918. The second-order valence-electron chi connectivity index (χ2n) is 4.48. The number of halogens is 2. The summed E-state index contributed by atoms with van der Waals surface area (Å²) in [5.41, 5.74) is 1.78. The Kier molecular flexibility index (Phi) is 5.24. The van der Waals surface area contributed by atoms with Gasteiger partial charge in [-0.1, -0.05) is 41.4 Å². The minimum absolute atomic E-state index is 0.450. The lowest BCUT2D eigenvalue weighted by atomic mass is 10.0. The molecule has 0 radical (unpaired) electrons. The van der Waals surface area contributed by atoms with E-state index in [-0.39, 0.29) is 0 Å². The predicted molar refractivity (Wildman–Crippen MR) is 80.7 cm³/mol. The molecule has 1 heterocycles. The Bertz CT molecular complexity index is 573. The molecule has 0 aliphatic rings. The number of ether oxygens (including phenoxy) is 1. The van der Waals surface area contributed by atoms with E-state index >= 15 is 0 Å². The molecule has 0 saturated heterocycles. The molecule has 0 aliphatic heterocycles. The van der Waals surface area contributed by atoms with Crippen LogP contribution in [0.1, 0.15) is 11.1 Å². The maximum Gasteiger partial charge on any atom is 0.212 e. The Morgan fingerprint density at radius 1 is 1.20 bits per heavy atom. The van der Waals surface area contributed by atoms with E-state index < -0.39 is 6.10 Å². The van der Waals surface area contributed by atoms with Gasteiger partial charge in [-0.25, -0.2) is 4.98 Å². The molecular formula is C15H15Cl2NO2. The number of methoxy groups -OCH3 is 1. The average molecular weight is 312 g/mol. The molecule has 20 heavy (non-hydrogen) atoms. The number of rotatable bonds is 5. The highest BCUT2D eigenvalue weighted by molar-refractivity contribution is 6.42. The van der Waals surface area contributed by atoms with Gasteiger partial charge < -0.3 is 9.84 Å². The SMILES string of the molecule is COc1ccc(CC(O)Cc2cccc(Cl)c2Cl)cn1. The molecule has 1 atom stereocenters. The molecule has 106 valence electrons. The average Bonchev–Trinajstić information content (AvgIpc) is 2.45. The fourth-order valence-electron chi connectivity index (χ4n) is 1.96. The van der Waals surface area contributed by atoms with Crippen molar-refractivity contribution in [3.05, 3.63) is 57.7 Å². The molecule has 1 N–H and O–H groups in total. The van der Waals surface area contributed by atoms with Crippen molar-refractivity contribution in [2.24, 2.45) is 0 Å². The number of aromatic nitrogens is 1. The van der Waals surface area contributed by atoms with E-state index in [9.17, 15) is 5.11 Å². The molecule has 2 rings (SSSR count). The van der Waals surface area contributed by atoms with Gasteiger partial charge >= 0.3 is 0 Å².